The van der Waals surface area contributed by atoms with Crippen LogP contribution in [0, 0.1) is 40.3 Å². The van der Waals surface area contributed by atoms with Crippen molar-refractivity contribution in [3.63, 3.8) is 0 Å². The fourth-order valence-corrected chi connectivity index (χ4v) is 4.74. The van der Waals surface area contributed by atoms with Crippen molar-refractivity contribution >= 4 is 17.6 Å². The van der Waals surface area contributed by atoms with Crippen LogP contribution >= 0.6 is 0 Å². The molecule has 0 amide bonds. The summed E-state index contributed by atoms with van der Waals surface area (Å²) in [5, 5.41) is 19.4. The van der Waals surface area contributed by atoms with Gasteiger partial charge in [0.05, 0.1) is 5.56 Å². The van der Waals surface area contributed by atoms with Crippen LogP contribution in [-0.2, 0) is 0 Å². The summed E-state index contributed by atoms with van der Waals surface area (Å²) in [6.45, 7) is 1.06. The Balaban J connectivity index is 0.000000170. The Morgan fingerprint density at radius 2 is 1.96 bits per heavy atom. The highest BCUT2D eigenvalue weighted by Crippen LogP contribution is 2.57. The fourth-order valence-electron chi connectivity index (χ4n) is 4.74. The Kier molecular flexibility index (Phi) is 4.41. The summed E-state index contributed by atoms with van der Waals surface area (Å²) in [6, 6.07) is 11.6. The molecule has 4 atom stereocenters. The molecule has 1 saturated carbocycles. The molecular formula is C22H21FN4. The standard InChI is InChI=1S/C15H17N3.C7H4FN/c16-6-10-12(17)3-4-13-15(10)14-9-2-1-8(5-9)11(14)7-18-13;8-7-4-2-1-3-6(7)5-9/h1-4,6,8-9,11,14,16,18H,5,7,17H2;1-4H/t8-,9?,11+,14-;/m0./s1. The van der Waals surface area contributed by atoms with E-state index in [0.717, 1.165) is 23.7 Å². The molecule has 3 aliphatic rings. The number of nitrogen functional groups attached to an aromatic ring is 1. The smallest absolute Gasteiger partial charge is 0.140 e. The maximum absolute atomic E-state index is 12.4. The number of halogens is 1. The van der Waals surface area contributed by atoms with Crippen LogP contribution in [0.2, 0.25) is 0 Å². The molecule has 0 saturated heterocycles. The molecule has 2 bridgehead atoms. The van der Waals surface area contributed by atoms with Crippen molar-refractivity contribution in [3.05, 3.63) is 71.1 Å². The number of hydrogen-bond donors (Lipinski definition) is 3. The third kappa shape index (κ3) is 2.87. The van der Waals surface area contributed by atoms with E-state index in [1.54, 1.807) is 18.2 Å². The molecule has 5 heteroatoms. The maximum Gasteiger partial charge on any atom is 0.140 e. The van der Waals surface area contributed by atoms with Gasteiger partial charge in [0.25, 0.3) is 0 Å². The average molecular weight is 360 g/mol. The van der Waals surface area contributed by atoms with Crippen LogP contribution in [0.15, 0.2) is 48.6 Å². The highest BCUT2D eigenvalue weighted by atomic mass is 19.1. The van der Waals surface area contributed by atoms with E-state index in [1.165, 1.54) is 36.0 Å². The highest BCUT2D eigenvalue weighted by molar-refractivity contribution is 5.90. The lowest BCUT2D eigenvalue weighted by Gasteiger charge is -2.36. The number of hydrogen-bond acceptors (Lipinski definition) is 4. The molecular weight excluding hydrogens is 339 g/mol. The quantitative estimate of drug-likeness (QED) is 0.403. The van der Waals surface area contributed by atoms with Gasteiger partial charge >= 0.3 is 0 Å². The number of anilines is 2. The predicted octanol–water partition coefficient (Wildman–Crippen LogP) is 4.30. The molecule has 5 rings (SSSR count). The zero-order chi connectivity index (χ0) is 19.0. The van der Waals surface area contributed by atoms with Crippen molar-refractivity contribution in [2.75, 3.05) is 17.6 Å². The molecule has 1 unspecified atom stereocenters. The number of nitrogens with zero attached hydrogens (tertiary/aromatic N) is 1. The third-order valence-corrected chi connectivity index (χ3v) is 5.94. The van der Waals surface area contributed by atoms with Gasteiger partial charge in [-0.3, -0.25) is 0 Å². The van der Waals surface area contributed by atoms with E-state index in [2.05, 4.69) is 23.5 Å². The van der Waals surface area contributed by atoms with Gasteiger partial charge in [-0.25, -0.2) is 4.39 Å². The topological polar surface area (TPSA) is 85.7 Å². The number of nitrogens with one attached hydrogen (secondary N) is 2. The van der Waals surface area contributed by atoms with Gasteiger partial charge in [0.15, 0.2) is 0 Å². The molecule has 0 spiro atoms. The molecule has 1 fully saturated rings. The van der Waals surface area contributed by atoms with Crippen molar-refractivity contribution in [2.24, 2.45) is 17.8 Å². The van der Waals surface area contributed by atoms with Crippen molar-refractivity contribution in [1.82, 2.24) is 0 Å². The predicted molar refractivity (Wildman–Crippen MR) is 105 cm³/mol. The molecule has 1 heterocycles. The highest BCUT2D eigenvalue weighted by Gasteiger charge is 2.48. The van der Waals surface area contributed by atoms with Gasteiger partial charge in [-0.15, -0.1) is 0 Å². The van der Waals surface area contributed by atoms with Crippen molar-refractivity contribution < 1.29 is 4.39 Å². The van der Waals surface area contributed by atoms with Crippen molar-refractivity contribution in [2.45, 2.75) is 12.3 Å². The number of allylic oxidation sites excluding steroid dienone is 2. The van der Waals surface area contributed by atoms with Crippen LogP contribution < -0.4 is 11.1 Å². The first-order valence-corrected chi connectivity index (χ1v) is 9.13. The second-order valence-corrected chi connectivity index (χ2v) is 7.28. The van der Waals surface area contributed by atoms with Gasteiger partial charge in [-0.2, -0.15) is 5.26 Å². The van der Waals surface area contributed by atoms with Crippen LogP contribution in [-0.4, -0.2) is 12.8 Å². The second kappa shape index (κ2) is 6.88. The average Bonchev–Trinajstić information content (AvgIpc) is 3.31. The molecule has 136 valence electrons. The first-order chi connectivity index (χ1) is 13.1. The molecule has 2 aromatic carbocycles. The van der Waals surface area contributed by atoms with E-state index in [4.69, 9.17) is 16.4 Å². The lowest BCUT2D eigenvalue weighted by atomic mass is 9.74. The lowest BCUT2D eigenvalue weighted by molar-refractivity contribution is 0.403. The largest absolute Gasteiger partial charge is 0.398 e. The van der Waals surface area contributed by atoms with Crippen LogP contribution in [0.4, 0.5) is 15.8 Å². The number of rotatable bonds is 1. The Bertz CT molecular complexity index is 959. The Morgan fingerprint density at radius 3 is 2.67 bits per heavy atom. The van der Waals surface area contributed by atoms with E-state index in [9.17, 15) is 4.39 Å². The van der Waals surface area contributed by atoms with Gasteiger partial charge in [0, 0.05) is 29.7 Å². The monoisotopic (exact) mass is 360 g/mol. The normalized spacial score (nSPS) is 26.1. The van der Waals surface area contributed by atoms with Gasteiger partial charge in [0.1, 0.15) is 11.9 Å². The lowest BCUT2D eigenvalue weighted by Crippen LogP contribution is -2.31. The summed E-state index contributed by atoms with van der Waals surface area (Å²) < 4.78 is 12.4. The number of benzene rings is 2. The number of fused-ring (bicyclic) bond motifs is 7. The van der Waals surface area contributed by atoms with E-state index < -0.39 is 5.82 Å². The van der Waals surface area contributed by atoms with Crippen LogP contribution in [0.3, 0.4) is 0 Å². The summed E-state index contributed by atoms with van der Waals surface area (Å²) in [4.78, 5) is 0. The minimum absolute atomic E-state index is 0.0949. The van der Waals surface area contributed by atoms with Crippen molar-refractivity contribution in [3.8, 4) is 6.07 Å². The summed E-state index contributed by atoms with van der Waals surface area (Å²) in [6.07, 6.45) is 7.46. The molecule has 2 aliphatic carbocycles. The molecule has 1 aliphatic heterocycles. The van der Waals surface area contributed by atoms with Gasteiger partial charge < -0.3 is 16.5 Å². The zero-order valence-electron chi connectivity index (χ0n) is 14.8. The minimum Gasteiger partial charge on any atom is -0.398 e. The van der Waals surface area contributed by atoms with E-state index in [1.807, 2.05) is 6.07 Å². The van der Waals surface area contributed by atoms with E-state index in [-0.39, 0.29) is 5.56 Å². The van der Waals surface area contributed by atoms with Gasteiger partial charge in [-0.05, 0) is 59.9 Å². The first kappa shape index (κ1) is 17.3. The fraction of sp³-hybridized carbons (Fsp3) is 0.273. The van der Waals surface area contributed by atoms with E-state index in [0.29, 0.717) is 17.8 Å². The van der Waals surface area contributed by atoms with Crippen molar-refractivity contribution in [1.29, 1.82) is 10.7 Å². The maximum atomic E-state index is 12.4. The SMILES string of the molecule is N#Cc1ccccc1F.N=Cc1c(N)ccc2c1[C@H]1C3C=C[C@@H](C3)[C@H]1CN2. The van der Waals surface area contributed by atoms with Crippen LogP contribution in [0.25, 0.3) is 0 Å². The van der Waals surface area contributed by atoms with Crippen LogP contribution in [0.5, 0.6) is 0 Å². The summed E-state index contributed by atoms with van der Waals surface area (Å²) in [5.41, 5.74) is 10.3. The third-order valence-electron chi connectivity index (χ3n) is 5.94. The minimum atomic E-state index is -0.458. The van der Waals surface area contributed by atoms with E-state index >= 15 is 0 Å². The van der Waals surface area contributed by atoms with Gasteiger partial charge in [-0.1, -0.05) is 24.3 Å². The Labute approximate surface area is 158 Å². The molecule has 0 radical (unpaired) electrons. The molecule has 4 N–H and O–H groups in total. The zero-order valence-corrected chi connectivity index (χ0v) is 14.8. The number of nitriles is 1. The molecule has 0 aromatic heterocycles. The van der Waals surface area contributed by atoms with Gasteiger partial charge in [0.2, 0.25) is 0 Å². The molecule has 2 aromatic rings. The summed E-state index contributed by atoms with van der Waals surface area (Å²) in [5.74, 6) is 2.17. The molecule has 27 heavy (non-hydrogen) atoms. The Morgan fingerprint density at radius 1 is 1.19 bits per heavy atom. The first-order valence-electron chi connectivity index (χ1n) is 9.13. The second-order valence-electron chi connectivity index (χ2n) is 7.28. The van der Waals surface area contributed by atoms with Crippen LogP contribution in [0.1, 0.15) is 29.0 Å². The Hall–Kier alpha value is -3.13. The summed E-state index contributed by atoms with van der Waals surface area (Å²) in [7, 11) is 0. The summed E-state index contributed by atoms with van der Waals surface area (Å²) >= 11 is 0. The molecule has 4 nitrogen and oxygen atoms in total. The number of nitrogens with two attached hydrogens (primary N) is 1.